The van der Waals surface area contributed by atoms with Crippen LogP contribution in [0.1, 0.15) is 20.8 Å². The molecule has 1 amide bonds. The van der Waals surface area contributed by atoms with Gasteiger partial charge >= 0.3 is 6.09 Å². The first-order valence-electron chi connectivity index (χ1n) is 7.64. The van der Waals surface area contributed by atoms with Crippen molar-refractivity contribution in [2.45, 2.75) is 31.0 Å². The molecule has 5 nitrogen and oxygen atoms in total. The van der Waals surface area contributed by atoms with E-state index in [2.05, 4.69) is 10.5 Å². The summed E-state index contributed by atoms with van der Waals surface area (Å²) in [6.45, 7) is 5.20. The predicted molar refractivity (Wildman–Crippen MR) is 106 cm³/mol. The second-order valence-electron chi connectivity index (χ2n) is 6.08. The number of carbonyl (C=O) groups excluding carboxylic acids is 2. The van der Waals surface area contributed by atoms with Crippen molar-refractivity contribution in [3.63, 3.8) is 0 Å². The Kier molecular flexibility index (Phi) is 6.61. The number of allylic oxidation sites excluding steroid dienone is 2. The third-order valence-corrected chi connectivity index (χ3v) is 6.02. The molecule has 26 heavy (non-hydrogen) atoms. The van der Waals surface area contributed by atoms with E-state index in [0.29, 0.717) is 16.3 Å². The number of hydrogen-bond donors (Lipinski definition) is 1. The lowest BCUT2D eigenvalue weighted by Crippen LogP contribution is -2.52. The van der Waals surface area contributed by atoms with Gasteiger partial charge in [-0.3, -0.25) is 14.9 Å². The van der Waals surface area contributed by atoms with Crippen LogP contribution in [0.4, 0.5) is 10.5 Å². The van der Waals surface area contributed by atoms with E-state index < -0.39 is 16.3 Å². The van der Waals surface area contributed by atoms with E-state index in [9.17, 15) is 9.59 Å². The fourth-order valence-corrected chi connectivity index (χ4v) is 3.60. The van der Waals surface area contributed by atoms with Crippen LogP contribution in [0.15, 0.2) is 35.0 Å². The first-order chi connectivity index (χ1) is 12.1. The molecule has 1 aliphatic rings. The second-order valence-corrected chi connectivity index (χ2v) is 7.99. The van der Waals surface area contributed by atoms with Gasteiger partial charge in [0.1, 0.15) is 16.0 Å². The quantitative estimate of drug-likeness (QED) is 0.376. The number of halogens is 4. The van der Waals surface area contributed by atoms with Gasteiger partial charge in [0.25, 0.3) is 0 Å². The molecule has 0 unspecified atom stereocenters. The van der Waals surface area contributed by atoms with Gasteiger partial charge in [0.15, 0.2) is 5.78 Å². The van der Waals surface area contributed by atoms with E-state index in [4.69, 9.17) is 51.2 Å². The number of nitrogens with zero attached hydrogens (tertiary/aromatic N) is 1. The molecule has 0 bridgehead atoms. The summed E-state index contributed by atoms with van der Waals surface area (Å²) in [5.74, 6) is -0.557. The number of nitrogens with one attached hydrogen (secondary N) is 1. The minimum Gasteiger partial charge on any atom is -0.297 e. The van der Waals surface area contributed by atoms with E-state index in [1.807, 2.05) is 0 Å². The first-order valence-corrected chi connectivity index (χ1v) is 9.21. The summed E-state index contributed by atoms with van der Waals surface area (Å²) in [4.78, 5) is 27.8. The van der Waals surface area contributed by atoms with Crippen molar-refractivity contribution in [3.8, 4) is 0 Å². The van der Waals surface area contributed by atoms with Gasteiger partial charge in [-0.1, -0.05) is 42.2 Å². The van der Waals surface area contributed by atoms with Crippen LogP contribution in [-0.2, 0) is 9.63 Å². The van der Waals surface area contributed by atoms with Gasteiger partial charge in [-0.25, -0.2) is 4.79 Å². The molecule has 1 aliphatic carbocycles. The third-order valence-electron chi connectivity index (χ3n) is 3.97. The molecule has 0 aliphatic heterocycles. The van der Waals surface area contributed by atoms with Gasteiger partial charge < -0.3 is 0 Å². The largest absolute Gasteiger partial charge is 0.437 e. The lowest BCUT2D eigenvalue weighted by molar-refractivity contribution is -0.118. The highest BCUT2D eigenvalue weighted by atomic mass is 35.5. The van der Waals surface area contributed by atoms with Crippen molar-refractivity contribution in [2.24, 2.45) is 11.1 Å². The second kappa shape index (κ2) is 8.17. The third kappa shape index (κ3) is 4.17. The number of rotatable bonds is 3. The van der Waals surface area contributed by atoms with Crippen LogP contribution in [-0.4, -0.2) is 27.8 Å². The van der Waals surface area contributed by atoms with E-state index in [-0.39, 0.29) is 22.4 Å². The number of ketones is 1. The Morgan fingerprint density at radius 3 is 2.58 bits per heavy atom. The van der Waals surface area contributed by atoms with Crippen LogP contribution in [0, 0.1) is 5.92 Å². The van der Waals surface area contributed by atoms with Gasteiger partial charge in [-0.2, -0.15) is 0 Å². The number of benzene rings is 1. The van der Waals surface area contributed by atoms with Crippen molar-refractivity contribution in [3.05, 3.63) is 39.9 Å². The SMILES string of the molecule is CC1=CC(=O)[C@](Cl)(C(C)C)[C@H](Cl)/C1=N/OC(=O)Nc1ccc(Cl)cc1Cl. The Morgan fingerprint density at radius 1 is 1.35 bits per heavy atom. The standard InChI is InChI=1S/C17H16Cl4N2O3/c1-8(2)17(21)13(24)6-9(3)14(15(17)20)23-26-16(25)22-12-5-4-10(18)7-11(12)19/h4-8,15H,1-3H3,(H,22,25)/b23-14+/t15-,17-/m1/s1. The summed E-state index contributed by atoms with van der Waals surface area (Å²) in [5, 5.41) is 5.96. The average Bonchev–Trinajstić information content (AvgIpc) is 2.55. The van der Waals surface area contributed by atoms with Crippen LogP contribution < -0.4 is 5.32 Å². The smallest absolute Gasteiger partial charge is 0.297 e. The number of anilines is 1. The molecule has 0 radical (unpaired) electrons. The summed E-state index contributed by atoms with van der Waals surface area (Å²) < 4.78 is 0. The van der Waals surface area contributed by atoms with Gasteiger partial charge in [-0.05, 0) is 42.7 Å². The van der Waals surface area contributed by atoms with Crippen molar-refractivity contribution in [1.82, 2.24) is 0 Å². The molecule has 2 rings (SSSR count). The number of oxime groups is 1. The molecular weight excluding hydrogens is 422 g/mol. The number of amides is 1. The van der Waals surface area contributed by atoms with Crippen LogP contribution in [0.5, 0.6) is 0 Å². The van der Waals surface area contributed by atoms with Crippen molar-refractivity contribution < 1.29 is 14.4 Å². The minimum absolute atomic E-state index is 0.215. The Bertz CT molecular complexity index is 807. The normalized spacial score (nSPS) is 24.6. The van der Waals surface area contributed by atoms with E-state index in [1.165, 1.54) is 18.2 Å². The maximum absolute atomic E-state index is 12.3. The molecule has 0 heterocycles. The van der Waals surface area contributed by atoms with E-state index in [0.717, 1.165) is 0 Å². The monoisotopic (exact) mass is 436 g/mol. The topological polar surface area (TPSA) is 67.8 Å². The highest BCUT2D eigenvalue weighted by Crippen LogP contribution is 2.39. The lowest BCUT2D eigenvalue weighted by Gasteiger charge is -2.36. The molecule has 0 aromatic heterocycles. The van der Waals surface area contributed by atoms with E-state index >= 15 is 0 Å². The zero-order valence-corrected chi connectivity index (χ0v) is 17.2. The maximum atomic E-state index is 12.3. The molecule has 1 aromatic rings. The van der Waals surface area contributed by atoms with Crippen LogP contribution in [0.2, 0.25) is 10.0 Å². The zero-order valence-electron chi connectivity index (χ0n) is 14.1. The Hall–Kier alpha value is -1.27. The van der Waals surface area contributed by atoms with E-state index in [1.54, 1.807) is 26.8 Å². The molecule has 0 spiro atoms. The predicted octanol–water partition coefficient (Wildman–Crippen LogP) is 5.67. The number of hydrogen-bond acceptors (Lipinski definition) is 4. The average molecular weight is 438 g/mol. The molecular formula is C17H16Cl4N2O3. The molecule has 2 atom stereocenters. The highest BCUT2D eigenvalue weighted by Gasteiger charge is 2.50. The minimum atomic E-state index is -1.36. The molecule has 0 saturated carbocycles. The highest BCUT2D eigenvalue weighted by molar-refractivity contribution is 6.51. The summed E-state index contributed by atoms with van der Waals surface area (Å²) in [7, 11) is 0. The summed E-state index contributed by atoms with van der Waals surface area (Å²) >= 11 is 24.6. The fraction of sp³-hybridized carbons (Fsp3) is 0.353. The van der Waals surface area contributed by atoms with Crippen molar-refractivity contribution in [2.75, 3.05) is 5.32 Å². The Labute approximate surface area is 171 Å². The molecule has 0 saturated heterocycles. The van der Waals surface area contributed by atoms with Gasteiger partial charge in [0.2, 0.25) is 0 Å². The Morgan fingerprint density at radius 2 is 2.00 bits per heavy atom. The number of carbonyl (C=O) groups is 2. The zero-order chi connectivity index (χ0) is 19.6. The summed E-state index contributed by atoms with van der Waals surface area (Å²) in [6.07, 6.45) is 0.474. The van der Waals surface area contributed by atoms with Crippen molar-refractivity contribution >= 4 is 69.7 Å². The molecule has 9 heteroatoms. The molecule has 0 fully saturated rings. The molecule has 140 valence electrons. The van der Waals surface area contributed by atoms with Crippen LogP contribution in [0.25, 0.3) is 0 Å². The fourth-order valence-electron chi connectivity index (χ4n) is 2.41. The molecule has 1 N–H and O–H groups in total. The molecule has 1 aromatic carbocycles. The summed E-state index contributed by atoms with van der Waals surface area (Å²) in [5.41, 5.74) is 1.00. The van der Waals surface area contributed by atoms with Gasteiger partial charge in [-0.15, -0.1) is 23.2 Å². The first kappa shape index (κ1) is 21.0. The Balaban J connectivity index is 2.19. The lowest BCUT2D eigenvalue weighted by atomic mass is 9.79. The summed E-state index contributed by atoms with van der Waals surface area (Å²) in [6, 6.07) is 4.56. The van der Waals surface area contributed by atoms with Gasteiger partial charge in [0, 0.05) is 5.02 Å². The maximum Gasteiger partial charge on any atom is 0.437 e. The van der Waals surface area contributed by atoms with Crippen molar-refractivity contribution in [1.29, 1.82) is 0 Å². The van der Waals surface area contributed by atoms with Gasteiger partial charge in [0.05, 0.1) is 10.7 Å². The number of alkyl halides is 2. The van der Waals surface area contributed by atoms with Crippen LogP contribution in [0.3, 0.4) is 0 Å². The van der Waals surface area contributed by atoms with Crippen LogP contribution >= 0.6 is 46.4 Å².